The quantitative estimate of drug-likeness (QED) is 0.692. The average molecular weight is 334 g/mol. The normalized spacial score (nSPS) is 15.7. The molecule has 1 aromatic carbocycles. The van der Waals surface area contributed by atoms with Crippen molar-refractivity contribution in [2.24, 2.45) is 4.99 Å². The summed E-state index contributed by atoms with van der Waals surface area (Å²) in [4.78, 5) is 8.23. The smallest absolute Gasteiger partial charge is 0.194 e. The standard InChI is InChI=1S/C17H20F2N4O/c1-20-17(21-12-14-3-2-10-24-14)23-8-6-22(7-9-23)16-11-13(18)4-5-15(16)19/h2-5,10-11H,6-9,12H2,1H3,(H,20,21). The molecule has 128 valence electrons. The Bertz CT molecular complexity index is 695. The number of piperazine rings is 1. The van der Waals surface area contributed by atoms with Gasteiger partial charge in [0.1, 0.15) is 17.4 Å². The Hall–Kier alpha value is -2.57. The number of nitrogens with zero attached hydrogens (tertiary/aromatic N) is 3. The van der Waals surface area contributed by atoms with Gasteiger partial charge in [0.05, 0.1) is 18.5 Å². The number of rotatable bonds is 3. The molecular weight excluding hydrogens is 314 g/mol. The summed E-state index contributed by atoms with van der Waals surface area (Å²) in [5.74, 6) is 0.775. The van der Waals surface area contributed by atoms with Crippen LogP contribution in [-0.2, 0) is 6.54 Å². The highest BCUT2D eigenvalue weighted by atomic mass is 19.1. The van der Waals surface area contributed by atoms with Crippen molar-refractivity contribution < 1.29 is 13.2 Å². The lowest BCUT2D eigenvalue weighted by Crippen LogP contribution is -2.52. The van der Waals surface area contributed by atoms with Crippen LogP contribution in [0, 0.1) is 11.6 Å². The molecule has 3 rings (SSSR count). The maximum Gasteiger partial charge on any atom is 0.194 e. The van der Waals surface area contributed by atoms with E-state index in [9.17, 15) is 8.78 Å². The van der Waals surface area contributed by atoms with Crippen molar-refractivity contribution in [3.8, 4) is 0 Å². The van der Waals surface area contributed by atoms with E-state index in [2.05, 4.69) is 15.2 Å². The number of hydrogen-bond donors (Lipinski definition) is 1. The number of benzene rings is 1. The van der Waals surface area contributed by atoms with Gasteiger partial charge >= 0.3 is 0 Å². The molecule has 2 heterocycles. The van der Waals surface area contributed by atoms with Gasteiger partial charge in [0.2, 0.25) is 0 Å². The summed E-state index contributed by atoms with van der Waals surface area (Å²) >= 11 is 0. The number of nitrogens with one attached hydrogen (secondary N) is 1. The topological polar surface area (TPSA) is 44.0 Å². The zero-order chi connectivity index (χ0) is 16.9. The van der Waals surface area contributed by atoms with E-state index < -0.39 is 11.6 Å². The first-order valence-corrected chi connectivity index (χ1v) is 7.85. The van der Waals surface area contributed by atoms with Gasteiger partial charge in [-0.1, -0.05) is 0 Å². The van der Waals surface area contributed by atoms with Crippen molar-refractivity contribution in [3.63, 3.8) is 0 Å². The second-order valence-electron chi connectivity index (χ2n) is 5.55. The van der Waals surface area contributed by atoms with Crippen LogP contribution in [-0.4, -0.2) is 44.1 Å². The Morgan fingerprint density at radius 1 is 1.21 bits per heavy atom. The van der Waals surface area contributed by atoms with E-state index in [0.29, 0.717) is 38.4 Å². The minimum Gasteiger partial charge on any atom is -0.467 e. The molecule has 0 spiro atoms. The van der Waals surface area contributed by atoms with Gasteiger partial charge in [-0.05, 0) is 24.3 Å². The van der Waals surface area contributed by atoms with E-state index >= 15 is 0 Å². The molecule has 0 aliphatic carbocycles. The van der Waals surface area contributed by atoms with Crippen LogP contribution in [0.3, 0.4) is 0 Å². The summed E-state index contributed by atoms with van der Waals surface area (Å²) in [7, 11) is 1.73. The lowest BCUT2D eigenvalue weighted by Gasteiger charge is -2.37. The molecule has 1 fully saturated rings. The number of anilines is 1. The largest absolute Gasteiger partial charge is 0.467 e. The van der Waals surface area contributed by atoms with Gasteiger partial charge in [0.15, 0.2) is 5.96 Å². The number of furan rings is 1. The van der Waals surface area contributed by atoms with E-state index in [1.165, 1.54) is 12.1 Å². The molecule has 0 saturated carbocycles. The first-order valence-electron chi connectivity index (χ1n) is 7.85. The maximum absolute atomic E-state index is 13.9. The summed E-state index contributed by atoms with van der Waals surface area (Å²) < 4.78 is 32.5. The summed E-state index contributed by atoms with van der Waals surface area (Å²) in [6.07, 6.45) is 1.63. The number of aliphatic imine (C=N–C) groups is 1. The van der Waals surface area contributed by atoms with Crippen LogP contribution >= 0.6 is 0 Å². The lowest BCUT2D eigenvalue weighted by atomic mass is 10.2. The highest BCUT2D eigenvalue weighted by molar-refractivity contribution is 5.80. The number of guanidine groups is 1. The highest BCUT2D eigenvalue weighted by Gasteiger charge is 2.22. The molecular formula is C17H20F2N4O. The summed E-state index contributed by atoms with van der Waals surface area (Å²) in [6.45, 7) is 3.10. The highest BCUT2D eigenvalue weighted by Crippen LogP contribution is 2.21. The molecule has 1 saturated heterocycles. The lowest BCUT2D eigenvalue weighted by molar-refractivity contribution is 0.368. The van der Waals surface area contributed by atoms with E-state index in [0.717, 1.165) is 17.8 Å². The zero-order valence-corrected chi connectivity index (χ0v) is 13.5. The molecule has 1 aliphatic rings. The third-order valence-corrected chi connectivity index (χ3v) is 4.04. The van der Waals surface area contributed by atoms with Gasteiger partial charge in [0.25, 0.3) is 0 Å². The van der Waals surface area contributed by atoms with Crippen molar-refractivity contribution in [1.29, 1.82) is 0 Å². The minimum absolute atomic E-state index is 0.313. The predicted octanol–water partition coefficient (Wildman–Crippen LogP) is 2.46. The summed E-state index contributed by atoms with van der Waals surface area (Å²) in [5, 5.41) is 3.25. The minimum atomic E-state index is -0.426. The number of halogens is 2. The molecule has 24 heavy (non-hydrogen) atoms. The molecule has 0 bridgehead atoms. The van der Waals surface area contributed by atoms with Crippen molar-refractivity contribution >= 4 is 11.6 Å². The van der Waals surface area contributed by atoms with Gasteiger partial charge in [-0.3, -0.25) is 4.99 Å². The molecule has 1 N–H and O–H groups in total. The Balaban J connectivity index is 1.58. The fourth-order valence-electron chi connectivity index (χ4n) is 2.80. The molecule has 0 amide bonds. The van der Waals surface area contributed by atoms with Crippen LogP contribution in [0.25, 0.3) is 0 Å². The van der Waals surface area contributed by atoms with Crippen molar-refractivity contribution in [1.82, 2.24) is 10.2 Å². The monoisotopic (exact) mass is 334 g/mol. The SMILES string of the molecule is CN=C(NCc1ccco1)N1CCN(c2cc(F)ccc2F)CC1. The Morgan fingerprint density at radius 3 is 2.67 bits per heavy atom. The van der Waals surface area contributed by atoms with Crippen LogP contribution in [0.1, 0.15) is 5.76 Å². The molecule has 1 aliphatic heterocycles. The first-order chi connectivity index (χ1) is 11.7. The van der Waals surface area contributed by atoms with Gasteiger partial charge in [-0.2, -0.15) is 0 Å². The zero-order valence-electron chi connectivity index (χ0n) is 13.5. The fraction of sp³-hybridized carbons (Fsp3) is 0.353. The third kappa shape index (κ3) is 3.67. The van der Waals surface area contributed by atoms with Crippen LogP contribution in [0.5, 0.6) is 0 Å². The van der Waals surface area contributed by atoms with E-state index in [-0.39, 0.29) is 0 Å². The summed E-state index contributed by atoms with van der Waals surface area (Å²) in [5.41, 5.74) is 0.313. The second-order valence-corrected chi connectivity index (χ2v) is 5.55. The molecule has 0 atom stereocenters. The van der Waals surface area contributed by atoms with E-state index in [1.54, 1.807) is 13.3 Å². The van der Waals surface area contributed by atoms with Crippen molar-refractivity contribution in [2.75, 3.05) is 38.1 Å². The molecule has 2 aromatic rings. The van der Waals surface area contributed by atoms with Gasteiger partial charge in [-0.15, -0.1) is 0 Å². The van der Waals surface area contributed by atoms with Crippen LogP contribution < -0.4 is 10.2 Å². The Morgan fingerprint density at radius 2 is 2.00 bits per heavy atom. The molecule has 0 unspecified atom stereocenters. The van der Waals surface area contributed by atoms with Crippen molar-refractivity contribution in [3.05, 3.63) is 54.0 Å². The fourth-order valence-corrected chi connectivity index (χ4v) is 2.80. The number of hydrogen-bond acceptors (Lipinski definition) is 3. The Kier molecular flexibility index (Phi) is 4.98. The van der Waals surface area contributed by atoms with Crippen LogP contribution in [0.2, 0.25) is 0 Å². The molecule has 0 radical (unpaired) electrons. The van der Waals surface area contributed by atoms with Gasteiger partial charge in [0, 0.05) is 39.3 Å². The summed E-state index contributed by atoms with van der Waals surface area (Å²) in [6, 6.07) is 7.28. The van der Waals surface area contributed by atoms with Gasteiger partial charge < -0.3 is 19.5 Å². The second kappa shape index (κ2) is 7.33. The van der Waals surface area contributed by atoms with E-state index in [4.69, 9.17) is 4.42 Å². The predicted molar refractivity (Wildman–Crippen MR) is 89.1 cm³/mol. The molecule has 1 aromatic heterocycles. The molecule has 7 heteroatoms. The van der Waals surface area contributed by atoms with Crippen LogP contribution in [0.4, 0.5) is 14.5 Å². The molecule has 5 nitrogen and oxygen atoms in total. The van der Waals surface area contributed by atoms with Gasteiger partial charge in [-0.25, -0.2) is 8.78 Å². The third-order valence-electron chi connectivity index (χ3n) is 4.04. The maximum atomic E-state index is 13.9. The first kappa shape index (κ1) is 16.3. The van der Waals surface area contributed by atoms with Crippen molar-refractivity contribution in [2.45, 2.75) is 6.54 Å². The van der Waals surface area contributed by atoms with E-state index in [1.807, 2.05) is 17.0 Å². The van der Waals surface area contributed by atoms with Crippen LogP contribution in [0.15, 0.2) is 46.0 Å². The Labute approximate surface area is 139 Å². The average Bonchev–Trinajstić information content (AvgIpc) is 3.12.